The minimum Gasteiger partial charge on any atom is -0.508 e. The Labute approximate surface area is 113 Å². The molecule has 0 saturated carbocycles. The van der Waals surface area contributed by atoms with E-state index in [1.54, 1.807) is 31.2 Å². The summed E-state index contributed by atoms with van der Waals surface area (Å²) in [5.41, 5.74) is 6.71. The summed E-state index contributed by atoms with van der Waals surface area (Å²) in [4.78, 5) is 11.7. The highest BCUT2D eigenvalue weighted by Crippen LogP contribution is 2.10. The van der Waals surface area contributed by atoms with Crippen molar-refractivity contribution in [2.75, 3.05) is 6.54 Å². The van der Waals surface area contributed by atoms with Crippen molar-refractivity contribution in [1.29, 1.82) is 0 Å². The lowest BCUT2D eigenvalue weighted by Gasteiger charge is -2.12. The molecule has 1 unspecified atom stereocenters. The van der Waals surface area contributed by atoms with E-state index >= 15 is 0 Å². The number of carbonyl (C=O) groups excluding carboxylic acids is 1. The molecule has 2 atom stereocenters. The summed E-state index contributed by atoms with van der Waals surface area (Å²) >= 11 is 0. The Bertz CT molecular complexity index is 390. The molecular formula is C14H22N2O3. The minimum absolute atomic E-state index is 0.194. The number of amides is 1. The SMILES string of the molecule is CC(O)CCCNC(=O)[C@H](N)Cc1ccc(O)cc1. The van der Waals surface area contributed by atoms with Crippen LogP contribution in [-0.4, -0.2) is 34.8 Å². The molecule has 0 spiro atoms. The molecule has 1 aromatic rings. The van der Waals surface area contributed by atoms with Crippen LogP contribution in [0.3, 0.4) is 0 Å². The van der Waals surface area contributed by atoms with Crippen molar-refractivity contribution in [2.45, 2.75) is 38.3 Å². The lowest BCUT2D eigenvalue weighted by Crippen LogP contribution is -2.42. The maximum Gasteiger partial charge on any atom is 0.237 e. The second-order valence-corrected chi connectivity index (χ2v) is 4.76. The average molecular weight is 266 g/mol. The fourth-order valence-electron chi connectivity index (χ4n) is 1.72. The van der Waals surface area contributed by atoms with Crippen LogP contribution in [0.25, 0.3) is 0 Å². The molecule has 0 heterocycles. The van der Waals surface area contributed by atoms with Gasteiger partial charge in [-0.2, -0.15) is 0 Å². The van der Waals surface area contributed by atoms with Crippen LogP contribution in [0.2, 0.25) is 0 Å². The van der Waals surface area contributed by atoms with E-state index in [4.69, 9.17) is 15.9 Å². The molecule has 0 radical (unpaired) electrons. The average Bonchev–Trinajstić information content (AvgIpc) is 2.36. The molecule has 5 N–H and O–H groups in total. The third kappa shape index (κ3) is 6.22. The molecule has 1 rings (SSSR count). The standard InChI is InChI=1S/C14H22N2O3/c1-10(17)3-2-8-16-14(19)13(15)9-11-4-6-12(18)7-5-11/h4-7,10,13,17-18H,2-3,8-9,15H2,1H3,(H,16,19)/t10?,13-/m1/s1. The zero-order valence-electron chi connectivity index (χ0n) is 11.2. The normalized spacial score (nSPS) is 13.8. The van der Waals surface area contributed by atoms with Crippen molar-refractivity contribution in [2.24, 2.45) is 5.73 Å². The number of nitrogens with one attached hydrogen (secondary N) is 1. The van der Waals surface area contributed by atoms with Gasteiger partial charge in [0.2, 0.25) is 5.91 Å². The zero-order chi connectivity index (χ0) is 14.3. The van der Waals surface area contributed by atoms with E-state index in [1.165, 1.54) is 0 Å². The maximum atomic E-state index is 11.7. The number of phenols is 1. The van der Waals surface area contributed by atoms with Crippen molar-refractivity contribution < 1.29 is 15.0 Å². The van der Waals surface area contributed by atoms with Gasteiger partial charge in [-0.3, -0.25) is 4.79 Å². The first-order chi connectivity index (χ1) is 8.99. The van der Waals surface area contributed by atoms with E-state index in [-0.39, 0.29) is 17.8 Å². The van der Waals surface area contributed by atoms with Crippen LogP contribution in [0.5, 0.6) is 5.75 Å². The van der Waals surface area contributed by atoms with Gasteiger partial charge in [-0.05, 0) is 43.9 Å². The summed E-state index contributed by atoms with van der Waals surface area (Å²) in [6.45, 7) is 2.24. The Morgan fingerprint density at radius 3 is 2.58 bits per heavy atom. The number of nitrogens with two attached hydrogens (primary N) is 1. The van der Waals surface area contributed by atoms with Crippen LogP contribution < -0.4 is 11.1 Å². The van der Waals surface area contributed by atoms with Crippen LogP contribution in [0, 0.1) is 0 Å². The predicted octanol–water partition coefficient (Wildman–Crippen LogP) is 0.539. The number of aliphatic hydroxyl groups is 1. The number of hydrogen-bond donors (Lipinski definition) is 4. The Hall–Kier alpha value is -1.59. The molecule has 0 aliphatic rings. The van der Waals surface area contributed by atoms with E-state index in [9.17, 15) is 4.79 Å². The van der Waals surface area contributed by atoms with E-state index in [0.717, 1.165) is 12.0 Å². The molecule has 106 valence electrons. The lowest BCUT2D eigenvalue weighted by molar-refractivity contribution is -0.122. The van der Waals surface area contributed by atoms with Crippen molar-refractivity contribution >= 4 is 5.91 Å². The van der Waals surface area contributed by atoms with Gasteiger partial charge in [0.1, 0.15) is 5.75 Å². The smallest absolute Gasteiger partial charge is 0.237 e. The topological polar surface area (TPSA) is 95.6 Å². The van der Waals surface area contributed by atoms with Gasteiger partial charge in [0.25, 0.3) is 0 Å². The lowest BCUT2D eigenvalue weighted by atomic mass is 10.1. The molecule has 5 nitrogen and oxygen atoms in total. The fourth-order valence-corrected chi connectivity index (χ4v) is 1.72. The van der Waals surface area contributed by atoms with Gasteiger partial charge in [0.05, 0.1) is 12.1 Å². The molecular weight excluding hydrogens is 244 g/mol. The molecule has 19 heavy (non-hydrogen) atoms. The molecule has 0 fully saturated rings. The number of aromatic hydroxyl groups is 1. The molecule has 0 aromatic heterocycles. The first kappa shape index (κ1) is 15.5. The summed E-state index contributed by atoms with van der Waals surface area (Å²) in [6.07, 6.45) is 1.48. The quantitative estimate of drug-likeness (QED) is 0.542. The Morgan fingerprint density at radius 2 is 2.00 bits per heavy atom. The second kappa shape index (κ2) is 7.76. The highest BCUT2D eigenvalue weighted by Gasteiger charge is 2.13. The Balaban J connectivity index is 2.30. The third-order valence-electron chi connectivity index (χ3n) is 2.83. The van der Waals surface area contributed by atoms with Gasteiger partial charge in [-0.15, -0.1) is 0 Å². The fraction of sp³-hybridized carbons (Fsp3) is 0.500. The minimum atomic E-state index is -0.601. The van der Waals surface area contributed by atoms with Crippen LogP contribution in [0.4, 0.5) is 0 Å². The van der Waals surface area contributed by atoms with Crippen molar-refractivity contribution in [3.8, 4) is 5.75 Å². The van der Waals surface area contributed by atoms with Crippen LogP contribution in [0.15, 0.2) is 24.3 Å². The summed E-state index contributed by atoms with van der Waals surface area (Å²) < 4.78 is 0. The van der Waals surface area contributed by atoms with Gasteiger partial charge >= 0.3 is 0 Å². The number of phenolic OH excluding ortho intramolecular Hbond substituents is 1. The molecule has 1 amide bonds. The number of hydrogen-bond acceptors (Lipinski definition) is 4. The van der Waals surface area contributed by atoms with Crippen molar-refractivity contribution in [3.63, 3.8) is 0 Å². The molecule has 1 aromatic carbocycles. The number of rotatable bonds is 7. The Kier molecular flexibility index (Phi) is 6.32. The summed E-state index contributed by atoms with van der Waals surface area (Å²) in [6, 6.07) is 6.04. The molecule has 0 aliphatic carbocycles. The monoisotopic (exact) mass is 266 g/mol. The highest BCUT2D eigenvalue weighted by molar-refractivity contribution is 5.81. The van der Waals surface area contributed by atoms with E-state index in [2.05, 4.69) is 5.32 Å². The number of aliphatic hydroxyl groups excluding tert-OH is 1. The number of benzene rings is 1. The van der Waals surface area contributed by atoms with Crippen molar-refractivity contribution in [3.05, 3.63) is 29.8 Å². The van der Waals surface area contributed by atoms with Crippen LogP contribution >= 0.6 is 0 Å². The van der Waals surface area contributed by atoms with E-state index in [1.807, 2.05) is 0 Å². The largest absolute Gasteiger partial charge is 0.508 e. The van der Waals surface area contributed by atoms with E-state index < -0.39 is 6.04 Å². The zero-order valence-corrected chi connectivity index (χ0v) is 11.2. The maximum absolute atomic E-state index is 11.7. The Morgan fingerprint density at radius 1 is 1.37 bits per heavy atom. The van der Waals surface area contributed by atoms with Crippen LogP contribution in [-0.2, 0) is 11.2 Å². The molecule has 0 aliphatic heterocycles. The van der Waals surface area contributed by atoms with E-state index in [0.29, 0.717) is 19.4 Å². The number of carbonyl (C=O) groups is 1. The first-order valence-electron chi connectivity index (χ1n) is 6.48. The van der Waals surface area contributed by atoms with Gasteiger partial charge < -0.3 is 21.3 Å². The van der Waals surface area contributed by atoms with Gasteiger partial charge in [-0.25, -0.2) is 0 Å². The predicted molar refractivity (Wildman–Crippen MR) is 73.7 cm³/mol. The van der Waals surface area contributed by atoms with Crippen LogP contribution in [0.1, 0.15) is 25.3 Å². The van der Waals surface area contributed by atoms with Crippen molar-refractivity contribution in [1.82, 2.24) is 5.32 Å². The molecule has 0 bridgehead atoms. The summed E-state index contributed by atoms with van der Waals surface area (Å²) in [5, 5.41) is 21.0. The first-order valence-corrected chi connectivity index (χ1v) is 6.48. The second-order valence-electron chi connectivity index (χ2n) is 4.76. The summed E-state index contributed by atoms with van der Waals surface area (Å²) in [7, 11) is 0. The summed E-state index contributed by atoms with van der Waals surface area (Å²) in [5.74, 6) is -0.00133. The van der Waals surface area contributed by atoms with Gasteiger partial charge in [0.15, 0.2) is 0 Å². The highest BCUT2D eigenvalue weighted by atomic mass is 16.3. The van der Waals surface area contributed by atoms with Gasteiger partial charge in [0, 0.05) is 6.54 Å². The molecule has 5 heteroatoms. The molecule has 0 saturated heterocycles. The van der Waals surface area contributed by atoms with Gasteiger partial charge in [-0.1, -0.05) is 12.1 Å². The third-order valence-corrected chi connectivity index (χ3v) is 2.83.